The van der Waals surface area contributed by atoms with E-state index in [2.05, 4.69) is 19.1 Å². The average molecular weight is 447 g/mol. The molecule has 0 radical (unpaired) electrons. The molecule has 7 heteroatoms. The second-order valence-corrected chi connectivity index (χ2v) is 8.32. The Morgan fingerprint density at radius 2 is 1.23 bits per heavy atom. The molecular weight excluding hydrogens is 400 g/mol. The fourth-order valence-corrected chi connectivity index (χ4v) is 3.25. The first kappa shape index (κ1) is 30.0. The van der Waals surface area contributed by atoms with Crippen molar-refractivity contribution in [3.05, 3.63) is 12.2 Å². The van der Waals surface area contributed by atoms with Gasteiger partial charge in [-0.15, -0.1) is 0 Å². The van der Waals surface area contributed by atoms with Gasteiger partial charge in [-0.25, -0.2) is 0 Å². The zero-order valence-electron chi connectivity index (χ0n) is 19.3. The molecule has 0 bridgehead atoms. The smallest absolute Gasteiger partial charge is 0.305 e. The highest BCUT2D eigenvalue weighted by Crippen LogP contribution is 2.11. The Bertz CT molecular complexity index is 442. The van der Waals surface area contributed by atoms with Gasteiger partial charge < -0.3 is 30.3 Å². The lowest BCUT2D eigenvalue weighted by atomic mass is 10.0. The van der Waals surface area contributed by atoms with E-state index in [4.69, 9.17) is 9.84 Å². The van der Waals surface area contributed by atoms with E-state index in [1.165, 1.54) is 44.9 Å². The summed E-state index contributed by atoms with van der Waals surface area (Å²) in [7, 11) is 0. The molecule has 0 aliphatic heterocycles. The SMILES string of the molecule is CCCCCCCCC=CCCCCCCCC(=O)OC[C@@H](O)[C@@H](O)[C@H](O)[C@H](O)CO. The molecule has 0 spiro atoms. The number of hydrogen-bond donors (Lipinski definition) is 5. The molecule has 0 aliphatic rings. The zero-order chi connectivity index (χ0) is 23.3. The summed E-state index contributed by atoms with van der Waals surface area (Å²) in [4.78, 5) is 11.7. The molecule has 0 aromatic carbocycles. The molecule has 184 valence electrons. The van der Waals surface area contributed by atoms with Crippen molar-refractivity contribution < 1.29 is 35.1 Å². The van der Waals surface area contributed by atoms with Crippen LogP contribution in [0.2, 0.25) is 0 Å². The Hall–Kier alpha value is -0.990. The summed E-state index contributed by atoms with van der Waals surface area (Å²) in [5, 5.41) is 46.8. The molecule has 0 aliphatic carbocycles. The van der Waals surface area contributed by atoms with Crippen molar-refractivity contribution in [1.82, 2.24) is 0 Å². The molecule has 0 saturated carbocycles. The maximum Gasteiger partial charge on any atom is 0.305 e. The van der Waals surface area contributed by atoms with E-state index >= 15 is 0 Å². The second kappa shape index (κ2) is 20.9. The lowest BCUT2D eigenvalue weighted by molar-refractivity contribution is -0.156. The number of rotatable bonds is 21. The van der Waals surface area contributed by atoms with Gasteiger partial charge in [-0.2, -0.15) is 0 Å². The molecule has 0 rings (SSSR count). The van der Waals surface area contributed by atoms with Crippen molar-refractivity contribution >= 4 is 5.97 Å². The standard InChI is InChI=1S/C24H46O7/c1-2-3-4-5-6-7-8-9-10-11-12-13-14-15-16-17-22(28)31-19-21(27)24(30)23(29)20(26)18-25/h9-10,20-21,23-27,29-30H,2-8,11-19H2,1H3/t20-,21-,23-,24-/m1/s1. The van der Waals surface area contributed by atoms with Crippen molar-refractivity contribution in [2.45, 2.75) is 121 Å². The minimum atomic E-state index is -1.72. The highest BCUT2D eigenvalue weighted by molar-refractivity contribution is 5.69. The summed E-state index contributed by atoms with van der Waals surface area (Å²) in [5.41, 5.74) is 0. The molecule has 0 unspecified atom stereocenters. The van der Waals surface area contributed by atoms with E-state index < -0.39 is 43.6 Å². The normalized spacial score (nSPS) is 15.7. The first-order valence-electron chi connectivity index (χ1n) is 12.1. The third-order valence-electron chi connectivity index (χ3n) is 5.38. The van der Waals surface area contributed by atoms with Crippen LogP contribution in [0.3, 0.4) is 0 Å². The largest absolute Gasteiger partial charge is 0.463 e. The Balaban J connectivity index is 3.55. The van der Waals surface area contributed by atoms with Crippen LogP contribution in [0.15, 0.2) is 12.2 Å². The van der Waals surface area contributed by atoms with Crippen LogP contribution >= 0.6 is 0 Å². The van der Waals surface area contributed by atoms with Crippen LogP contribution in [0.25, 0.3) is 0 Å². The number of allylic oxidation sites excluding steroid dienone is 2. The van der Waals surface area contributed by atoms with Crippen LogP contribution < -0.4 is 0 Å². The number of aliphatic hydroxyl groups is 5. The molecule has 0 heterocycles. The summed E-state index contributed by atoms with van der Waals surface area (Å²) in [6.07, 6.45) is 13.5. The highest BCUT2D eigenvalue weighted by Gasteiger charge is 2.30. The maximum absolute atomic E-state index is 11.7. The van der Waals surface area contributed by atoms with Crippen LogP contribution in [-0.2, 0) is 9.53 Å². The van der Waals surface area contributed by atoms with E-state index in [1.54, 1.807) is 0 Å². The van der Waals surface area contributed by atoms with E-state index in [1.807, 2.05) is 0 Å². The zero-order valence-corrected chi connectivity index (χ0v) is 19.3. The van der Waals surface area contributed by atoms with Crippen molar-refractivity contribution in [1.29, 1.82) is 0 Å². The summed E-state index contributed by atoms with van der Waals surface area (Å²) in [6, 6.07) is 0. The van der Waals surface area contributed by atoms with Gasteiger partial charge in [0.15, 0.2) is 0 Å². The van der Waals surface area contributed by atoms with Crippen LogP contribution in [0.4, 0.5) is 0 Å². The third kappa shape index (κ3) is 17.3. The molecule has 7 nitrogen and oxygen atoms in total. The Kier molecular flexibility index (Phi) is 20.2. The fourth-order valence-electron chi connectivity index (χ4n) is 3.25. The topological polar surface area (TPSA) is 127 Å². The van der Waals surface area contributed by atoms with Gasteiger partial charge >= 0.3 is 5.97 Å². The van der Waals surface area contributed by atoms with Gasteiger partial charge in [0, 0.05) is 6.42 Å². The summed E-state index contributed by atoms with van der Waals surface area (Å²) >= 11 is 0. The molecule has 31 heavy (non-hydrogen) atoms. The Morgan fingerprint density at radius 3 is 1.77 bits per heavy atom. The highest BCUT2D eigenvalue weighted by atomic mass is 16.5. The molecule has 4 atom stereocenters. The number of hydrogen-bond acceptors (Lipinski definition) is 7. The van der Waals surface area contributed by atoms with Crippen molar-refractivity contribution in [3.63, 3.8) is 0 Å². The van der Waals surface area contributed by atoms with Crippen LogP contribution in [0.1, 0.15) is 96.8 Å². The number of unbranched alkanes of at least 4 members (excludes halogenated alkanes) is 11. The van der Waals surface area contributed by atoms with Crippen LogP contribution in [0.5, 0.6) is 0 Å². The third-order valence-corrected chi connectivity index (χ3v) is 5.38. The maximum atomic E-state index is 11.7. The van der Waals surface area contributed by atoms with Gasteiger partial charge in [0.05, 0.1) is 6.61 Å². The van der Waals surface area contributed by atoms with Crippen LogP contribution in [0, 0.1) is 0 Å². The molecule has 0 aromatic heterocycles. The van der Waals surface area contributed by atoms with Gasteiger partial charge in [0.2, 0.25) is 0 Å². The number of esters is 1. The van der Waals surface area contributed by atoms with E-state index in [0.29, 0.717) is 6.42 Å². The van der Waals surface area contributed by atoms with E-state index in [-0.39, 0.29) is 6.42 Å². The number of carbonyl (C=O) groups is 1. The quantitative estimate of drug-likeness (QED) is 0.104. The Labute approximate surface area is 188 Å². The molecule has 0 saturated heterocycles. The first-order chi connectivity index (χ1) is 14.9. The predicted molar refractivity (Wildman–Crippen MR) is 122 cm³/mol. The minimum Gasteiger partial charge on any atom is -0.463 e. The fraction of sp³-hybridized carbons (Fsp3) is 0.875. The Morgan fingerprint density at radius 1 is 0.742 bits per heavy atom. The van der Waals surface area contributed by atoms with Gasteiger partial charge in [0.25, 0.3) is 0 Å². The number of carbonyl (C=O) groups excluding carboxylic acids is 1. The summed E-state index contributed by atoms with van der Waals surface area (Å²) in [6.45, 7) is 1.02. The van der Waals surface area contributed by atoms with Crippen LogP contribution in [-0.4, -0.2) is 69.1 Å². The van der Waals surface area contributed by atoms with Crippen molar-refractivity contribution in [2.75, 3.05) is 13.2 Å². The number of aliphatic hydroxyl groups excluding tert-OH is 5. The molecule has 0 amide bonds. The van der Waals surface area contributed by atoms with Gasteiger partial charge in [-0.1, -0.05) is 70.4 Å². The lowest BCUT2D eigenvalue weighted by Crippen LogP contribution is -2.47. The minimum absolute atomic E-state index is 0.239. The predicted octanol–water partition coefficient (Wildman–Crippen LogP) is 3.00. The van der Waals surface area contributed by atoms with Crippen molar-refractivity contribution in [2.24, 2.45) is 0 Å². The molecular formula is C24H46O7. The summed E-state index contributed by atoms with van der Waals surface area (Å²) in [5.74, 6) is -0.471. The molecule has 0 aromatic rings. The van der Waals surface area contributed by atoms with Crippen molar-refractivity contribution in [3.8, 4) is 0 Å². The first-order valence-corrected chi connectivity index (χ1v) is 12.1. The van der Waals surface area contributed by atoms with Gasteiger partial charge in [-0.3, -0.25) is 4.79 Å². The van der Waals surface area contributed by atoms with E-state index in [9.17, 15) is 25.2 Å². The molecule has 0 fully saturated rings. The molecule has 5 N–H and O–H groups in total. The van der Waals surface area contributed by atoms with Gasteiger partial charge in [-0.05, 0) is 32.1 Å². The second-order valence-electron chi connectivity index (χ2n) is 8.32. The van der Waals surface area contributed by atoms with E-state index in [0.717, 1.165) is 32.1 Å². The number of ether oxygens (including phenoxy) is 1. The van der Waals surface area contributed by atoms with Gasteiger partial charge in [0.1, 0.15) is 31.0 Å². The lowest BCUT2D eigenvalue weighted by Gasteiger charge is -2.25. The average Bonchev–Trinajstić information content (AvgIpc) is 2.78. The monoisotopic (exact) mass is 446 g/mol. The summed E-state index contributed by atoms with van der Waals surface area (Å²) < 4.78 is 4.89.